The number of halogens is 3. The molecule has 0 aliphatic heterocycles. The van der Waals surface area contributed by atoms with Crippen LogP contribution in [0.15, 0.2) is 30.3 Å². The Morgan fingerprint density at radius 1 is 1.04 bits per heavy atom. The second kappa shape index (κ2) is 7.55. The third-order valence-electron chi connectivity index (χ3n) is 3.82. The molecule has 0 atom stereocenters. The number of nitrogens with zero attached hydrogens (tertiary/aromatic N) is 1. The van der Waals surface area contributed by atoms with Crippen LogP contribution in [-0.2, 0) is 6.18 Å². The maximum atomic E-state index is 12.8. The summed E-state index contributed by atoms with van der Waals surface area (Å²) in [5, 5.41) is 1.71. The molecule has 3 aromatic rings. The first-order valence-electron chi connectivity index (χ1n) is 7.86. The van der Waals surface area contributed by atoms with Gasteiger partial charge in [-0.3, -0.25) is 4.79 Å². The molecule has 3 rings (SSSR count). The maximum absolute atomic E-state index is 12.8. The predicted octanol–water partition coefficient (Wildman–Crippen LogP) is 4.59. The molecule has 148 valence electrons. The van der Waals surface area contributed by atoms with E-state index in [4.69, 9.17) is 14.2 Å². The minimum absolute atomic E-state index is 0.182. The standard InChI is InChI=1S/C18H15F3N2O4S/c1-25-12-7-10(8-13(26-2)15(12)27-3)22-16(24)9-4-5-11-14(6-9)28-17(23-11)18(19,20)21/h4-8H,1-3H3,(H,22,24). The van der Waals surface area contributed by atoms with Crippen molar-refractivity contribution in [2.24, 2.45) is 0 Å². The first-order valence-corrected chi connectivity index (χ1v) is 8.67. The van der Waals surface area contributed by atoms with Gasteiger partial charge in [0.05, 0.1) is 31.5 Å². The second-order valence-corrected chi connectivity index (χ2v) is 6.60. The lowest BCUT2D eigenvalue weighted by molar-refractivity contribution is -0.137. The van der Waals surface area contributed by atoms with Crippen molar-refractivity contribution < 1.29 is 32.2 Å². The Labute approximate surface area is 161 Å². The fourth-order valence-electron chi connectivity index (χ4n) is 2.54. The largest absolute Gasteiger partial charge is 0.493 e. The topological polar surface area (TPSA) is 69.7 Å². The van der Waals surface area contributed by atoms with Crippen molar-refractivity contribution in [3.8, 4) is 17.2 Å². The van der Waals surface area contributed by atoms with Crippen LogP contribution < -0.4 is 19.5 Å². The minimum Gasteiger partial charge on any atom is -0.493 e. The zero-order chi connectivity index (χ0) is 20.5. The second-order valence-electron chi connectivity index (χ2n) is 5.57. The zero-order valence-corrected chi connectivity index (χ0v) is 15.8. The summed E-state index contributed by atoms with van der Waals surface area (Å²) in [6.07, 6.45) is -4.53. The van der Waals surface area contributed by atoms with Crippen molar-refractivity contribution in [2.45, 2.75) is 6.18 Å². The normalized spacial score (nSPS) is 11.4. The van der Waals surface area contributed by atoms with Gasteiger partial charge in [-0.05, 0) is 18.2 Å². The number of alkyl halides is 3. The quantitative estimate of drug-likeness (QED) is 0.664. The Balaban J connectivity index is 1.90. The number of rotatable bonds is 5. The number of aromatic nitrogens is 1. The molecule has 0 radical (unpaired) electrons. The SMILES string of the molecule is COc1cc(NC(=O)c2ccc3nc(C(F)(F)F)sc3c2)cc(OC)c1OC. The maximum Gasteiger partial charge on any atom is 0.443 e. The number of anilines is 1. The van der Waals surface area contributed by atoms with Crippen LogP contribution in [0.4, 0.5) is 18.9 Å². The fraction of sp³-hybridized carbons (Fsp3) is 0.222. The molecule has 0 fully saturated rings. The molecule has 10 heteroatoms. The lowest BCUT2D eigenvalue weighted by Gasteiger charge is -2.14. The van der Waals surface area contributed by atoms with Gasteiger partial charge >= 0.3 is 6.18 Å². The van der Waals surface area contributed by atoms with Crippen LogP contribution in [0.1, 0.15) is 15.4 Å². The molecule has 0 unspecified atom stereocenters. The van der Waals surface area contributed by atoms with Crippen LogP contribution in [-0.4, -0.2) is 32.2 Å². The fourth-order valence-corrected chi connectivity index (χ4v) is 3.42. The predicted molar refractivity (Wildman–Crippen MR) is 98.7 cm³/mol. The van der Waals surface area contributed by atoms with E-state index in [1.54, 1.807) is 12.1 Å². The van der Waals surface area contributed by atoms with E-state index in [-0.39, 0.29) is 15.8 Å². The van der Waals surface area contributed by atoms with E-state index in [1.807, 2.05) is 0 Å². The summed E-state index contributed by atoms with van der Waals surface area (Å²) in [7, 11) is 4.34. The van der Waals surface area contributed by atoms with Crippen molar-refractivity contribution in [1.82, 2.24) is 4.98 Å². The average molecular weight is 412 g/mol. The average Bonchev–Trinajstić information content (AvgIpc) is 3.10. The van der Waals surface area contributed by atoms with E-state index in [2.05, 4.69) is 10.3 Å². The van der Waals surface area contributed by atoms with Crippen molar-refractivity contribution in [1.29, 1.82) is 0 Å². The van der Waals surface area contributed by atoms with Crippen molar-refractivity contribution in [3.63, 3.8) is 0 Å². The summed E-state index contributed by atoms with van der Waals surface area (Å²) < 4.78 is 54.4. The Bertz CT molecular complexity index is 1010. The number of carbonyl (C=O) groups is 1. The highest BCUT2D eigenvalue weighted by molar-refractivity contribution is 7.18. The molecule has 0 spiro atoms. The molecule has 2 aromatic carbocycles. The molecule has 1 N–H and O–H groups in total. The number of ether oxygens (including phenoxy) is 3. The molecular weight excluding hydrogens is 397 g/mol. The van der Waals surface area contributed by atoms with Crippen LogP contribution >= 0.6 is 11.3 Å². The summed E-state index contributed by atoms with van der Waals surface area (Å²) in [5.41, 5.74) is 0.750. The first-order chi connectivity index (χ1) is 13.3. The lowest BCUT2D eigenvalue weighted by atomic mass is 10.2. The molecule has 0 saturated carbocycles. The van der Waals surface area contributed by atoms with Gasteiger partial charge in [-0.2, -0.15) is 13.2 Å². The molecule has 1 aromatic heterocycles. The number of nitrogens with one attached hydrogen (secondary N) is 1. The summed E-state index contributed by atoms with van der Waals surface area (Å²) in [5.74, 6) is 0.571. The number of hydrogen-bond donors (Lipinski definition) is 1. The Morgan fingerprint density at radius 3 is 2.21 bits per heavy atom. The molecule has 0 saturated heterocycles. The highest BCUT2D eigenvalue weighted by Gasteiger charge is 2.35. The van der Waals surface area contributed by atoms with Gasteiger partial charge in [-0.1, -0.05) is 0 Å². The van der Waals surface area contributed by atoms with E-state index >= 15 is 0 Å². The Morgan fingerprint density at radius 2 is 1.68 bits per heavy atom. The summed E-state index contributed by atoms with van der Waals surface area (Å²) >= 11 is 0.487. The Hall–Kier alpha value is -3.01. The highest BCUT2D eigenvalue weighted by atomic mass is 32.1. The van der Waals surface area contributed by atoms with E-state index in [1.165, 1.54) is 39.5 Å². The summed E-state index contributed by atoms with van der Waals surface area (Å²) in [6, 6.07) is 7.26. The van der Waals surface area contributed by atoms with Gasteiger partial charge in [-0.15, -0.1) is 11.3 Å². The van der Waals surface area contributed by atoms with Crippen LogP contribution in [0.3, 0.4) is 0 Å². The van der Waals surface area contributed by atoms with Gasteiger partial charge in [0.15, 0.2) is 16.5 Å². The number of benzene rings is 2. The van der Waals surface area contributed by atoms with Crippen LogP contribution in [0.25, 0.3) is 10.2 Å². The molecular formula is C18H15F3N2O4S. The third-order valence-corrected chi connectivity index (χ3v) is 4.88. The molecule has 1 heterocycles. The van der Waals surface area contributed by atoms with Gasteiger partial charge < -0.3 is 19.5 Å². The van der Waals surface area contributed by atoms with Gasteiger partial charge in [0.2, 0.25) is 5.75 Å². The smallest absolute Gasteiger partial charge is 0.443 e. The first kappa shape index (κ1) is 19.7. The van der Waals surface area contributed by atoms with Gasteiger partial charge in [-0.25, -0.2) is 4.98 Å². The minimum atomic E-state index is -4.53. The number of amides is 1. The number of methoxy groups -OCH3 is 3. The molecule has 1 amide bonds. The number of carbonyl (C=O) groups excluding carboxylic acids is 1. The van der Waals surface area contributed by atoms with Crippen molar-refractivity contribution in [2.75, 3.05) is 26.6 Å². The number of hydrogen-bond acceptors (Lipinski definition) is 6. The Kier molecular flexibility index (Phi) is 5.32. The molecule has 0 bridgehead atoms. The van der Waals surface area contributed by atoms with E-state index in [0.717, 1.165) is 0 Å². The molecule has 0 aliphatic rings. The third kappa shape index (κ3) is 3.81. The van der Waals surface area contributed by atoms with Gasteiger partial charge in [0.1, 0.15) is 0 Å². The summed E-state index contributed by atoms with van der Waals surface area (Å²) in [4.78, 5) is 16.1. The lowest BCUT2D eigenvalue weighted by Crippen LogP contribution is -2.12. The molecule has 28 heavy (non-hydrogen) atoms. The van der Waals surface area contributed by atoms with Crippen LogP contribution in [0.5, 0.6) is 17.2 Å². The number of thiazole rings is 1. The van der Waals surface area contributed by atoms with Crippen molar-refractivity contribution >= 4 is 33.1 Å². The highest BCUT2D eigenvalue weighted by Crippen LogP contribution is 2.40. The van der Waals surface area contributed by atoms with Crippen molar-refractivity contribution in [3.05, 3.63) is 40.9 Å². The van der Waals surface area contributed by atoms with E-state index < -0.39 is 17.1 Å². The van der Waals surface area contributed by atoms with E-state index in [9.17, 15) is 18.0 Å². The zero-order valence-electron chi connectivity index (χ0n) is 15.0. The van der Waals surface area contributed by atoms with Gasteiger partial charge in [0.25, 0.3) is 5.91 Å². The monoisotopic (exact) mass is 412 g/mol. The molecule has 0 aliphatic carbocycles. The summed E-state index contributed by atoms with van der Waals surface area (Å²) in [6.45, 7) is 0. The van der Waals surface area contributed by atoms with Crippen LogP contribution in [0.2, 0.25) is 0 Å². The van der Waals surface area contributed by atoms with E-state index in [0.29, 0.717) is 34.3 Å². The number of fused-ring (bicyclic) bond motifs is 1. The molecule has 6 nitrogen and oxygen atoms in total. The van der Waals surface area contributed by atoms with Gasteiger partial charge in [0, 0.05) is 23.4 Å². The van der Waals surface area contributed by atoms with Crippen LogP contribution in [0, 0.1) is 0 Å².